The van der Waals surface area contributed by atoms with Gasteiger partial charge in [0.15, 0.2) is 0 Å². The van der Waals surface area contributed by atoms with E-state index in [1.165, 1.54) is 25.7 Å². The maximum atomic E-state index is 11.6. The first-order valence-electron chi connectivity index (χ1n) is 6.21. The largest absolute Gasteiger partial charge is 0.354 e. The molecular formula is C12H24N2O. The Balaban J connectivity index is 2.11. The van der Waals surface area contributed by atoms with Crippen LogP contribution in [0.15, 0.2) is 0 Å². The van der Waals surface area contributed by atoms with Crippen molar-refractivity contribution in [1.29, 1.82) is 0 Å². The summed E-state index contributed by atoms with van der Waals surface area (Å²) in [6, 6.07) is 0.280. The topological polar surface area (TPSA) is 55.1 Å². The van der Waals surface area contributed by atoms with Gasteiger partial charge < -0.3 is 11.1 Å². The van der Waals surface area contributed by atoms with E-state index in [1.54, 1.807) is 0 Å². The first-order chi connectivity index (χ1) is 7.22. The lowest BCUT2D eigenvalue weighted by atomic mass is 10.0. The molecule has 1 amide bonds. The van der Waals surface area contributed by atoms with Crippen LogP contribution in [0.3, 0.4) is 0 Å². The number of hydrogen-bond acceptors (Lipinski definition) is 2. The zero-order valence-electron chi connectivity index (χ0n) is 9.80. The quantitative estimate of drug-likeness (QED) is 0.705. The summed E-state index contributed by atoms with van der Waals surface area (Å²) >= 11 is 0. The summed E-state index contributed by atoms with van der Waals surface area (Å²) in [6.45, 7) is 2.77. The summed E-state index contributed by atoms with van der Waals surface area (Å²) in [5.41, 5.74) is 5.43. The zero-order valence-corrected chi connectivity index (χ0v) is 9.80. The highest BCUT2D eigenvalue weighted by molar-refractivity contribution is 5.76. The average molecular weight is 212 g/mol. The molecule has 0 saturated heterocycles. The molecule has 3 heteroatoms. The predicted molar refractivity (Wildman–Crippen MR) is 62.5 cm³/mol. The first kappa shape index (κ1) is 12.5. The van der Waals surface area contributed by atoms with Crippen molar-refractivity contribution < 1.29 is 4.79 Å². The van der Waals surface area contributed by atoms with Crippen molar-refractivity contribution in [2.45, 2.75) is 57.9 Å². The predicted octanol–water partition coefficient (Wildman–Crippen LogP) is 1.81. The Kier molecular flexibility index (Phi) is 5.69. The second kappa shape index (κ2) is 6.83. The van der Waals surface area contributed by atoms with Gasteiger partial charge in [0.1, 0.15) is 0 Å². The molecular weight excluding hydrogens is 188 g/mol. The van der Waals surface area contributed by atoms with Crippen LogP contribution < -0.4 is 11.1 Å². The summed E-state index contributed by atoms with van der Waals surface area (Å²) < 4.78 is 0. The number of carbonyl (C=O) groups is 1. The normalized spacial score (nSPS) is 19.1. The third-order valence-corrected chi connectivity index (χ3v) is 3.20. The molecule has 1 rings (SSSR count). The Morgan fingerprint density at radius 3 is 2.73 bits per heavy atom. The second-order valence-corrected chi connectivity index (χ2v) is 4.75. The van der Waals surface area contributed by atoms with Crippen LogP contribution in [-0.2, 0) is 4.79 Å². The van der Waals surface area contributed by atoms with Gasteiger partial charge in [-0.1, -0.05) is 12.8 Å². The minimum Gasteiger partial charge on any atom is -0.354 e. The van der Waals surface area contributed by atoms with E-state index in [2.05, 4.69) is 12.2 Å². The molecule has 0 spiro atoms. The average Bonchev–Trinajstić information content (AvgIpc) is 2.67. The van der Waals surface area contributed by atoms with E-state index in [0.717, 1.165) is 19.3 Å². The molecule has 1 saturated carbocycles. The number of rotatable bonds is 6. The highest BCUT2D eigenvalue weighted by Crippen LogP contribution is 2.27. The summed E-state index contributed by atoms with van der Waals surface area (Å²) in [5, 5.41) is 3.05. The van der Waals surface area contributed by atoms with Crippen LogP contribution >= 0.6 is 0 Å². The monoisotopic (exact) mass is 212 g/mol. The van der Waals surface area contributed by atoms with E-state index < -0.39 is 0 Å². The smallest absolute Gasteiger partial charge is 0.220 e. The Bertz CT molecular complexity index is 188. The van der Waals surface area contributed by atoms with Gasteiger partial charge in [-0.15, -0.1) is 0 Å². The number of nitrogens with two attached hydrogens (primary N) is 1. The zero-order chi connectivity index (χ0) is 11.1. The van der Waals surface area contributed by atoms with Crippen molar-refractivity contribution in [2.24, 2.45) is 11.7 Å². The molecule has 15 heavy (non-hydrogen) atoms. The van der Waals surface area contributed by atoms with Crippen LogP contribution in [0, 0.1) is 5.92 Å². The van der Waals surface area contributed by atoms with Gasteiger partial charge in [-0.2, -0.15) is 0 Å². The van der Waals surface area contributed by atoms with Gasteiger partial charge in [0.25, 0.3) is 0 Å². The number of hydrogen-bond donors (Lipinski definition) is 2. The van der Waals surface area contributed by atoms with Crippen molar-refractivity contribution in [1.82, 2.24) is 5.32 Å². The van der Waals surface area contributed by atoms with Gasteiger partial charge in [0, 0.05) is 12.5 Å². The lowest BCUT2D eigenvalue weighted by Gasteiger charge is -2.15. The van der Waals surface area contributed by atoms with Crippen LogP contribution in [0.4, 0.5) is 0 Å². The lowest BCUT2D eigenvalue weighted by Crippen LogP contribution is -2.33. The molecule has 0 aromatic heterocycles. The third-order valence-electron chi connectivity index (χ3n) is 3.20. The molecule has 1 unspecified atom stereocenters. The maximum Gasteiger partial charge on any atom is 0.220 e. The molecule has 0 aliphatic heterocycles. The second-order valence-electron chi connectivity index (χ2n) is 4.75. The maximum absolute atomic E-state index is 11.6. The van der Waals surface area contributed by atoms with E-state index in [9.17, 15) is 4.79 Å². The molecule has 1 aliphatic carbocycles. The van der Waals surface area contributed by atoms with Crippen LogP contribution in [0.2, 0.25) is 0 Å². The van der Waals surface area contributed by atoms with Crippen LogP contribution in [0.1, 0.15) is 51.9 Å². The number of amides is 1. The number of nitrogens with one attached hydrogen (secondary N) is 1. The SMILES string of the molecule is CC(CCCN)NC(=O)CC1CCCC1. The van der Waals surface area contributed by atoms with E-state index in [0.29, 0.717) is 12.5 Å². The van der Waals surface area contributed by atoms with E-state index in [-0.39, 0.29) is 11.9 Å². The molecule has 3 nitrogen and oxygen atoms in total. The van der Waals surface area contributed by atoms with E-state index in [4.69, 9.17) is 5.73 Å². The van der Waals surface area contributed by atoms with Gasteiger partial charge in [0.2, 0.25) is 5.91 Å². The van der Waals surface area contributed by atoms with Crippen molar-refractivity contribution in [2.75, 3.05) is 6.54 Å². The van der Waals surface area contributed by atoms with E-state index in [1.807, 2.05) is 0 Å². The molecule has 0 bridgehead atoms. The lowest BCUT2D eigenvalue weighted by molar-refractivity contribution is -0.122. The molecule has 0 aromatic carbocycles. The fraction of sp³-hybridized carbons (Fsp3) is 0.917. The molecule has 88 valence electrons. The van der Waals surface area contributed by atoms with Gasteiger partial charge in [-0.3, -0.25) is 4.79 Å². The van der Waals surface area contributed by atoms with Gasteiger partial charge in [0.05, 0.1) is 0 Å². The fourth-order valence-corrected chi connectivity index (χ4v) is 2.31. The minimum atomic E-state index is 0.228. The van der Waals surface area contributed by atoms with Gasteiger partial charge >= 0.3 is 0 Å². The molecule has 0 aromatic rings. The van der Waals surface area contributed by atoms with Crippen molar-refractivity contribution in [3.63, 3.8) is 0 Å². The molecule has 0 heterocycles. The summed E-state index contributed by atoms with van der Waals surface area (Å²) in [4.78, 5) is 11.6. The highest BCUT2D eigenvalue weighted by Gasteiger charge is 2.18. The molecule has 1 atom stereocenters. The van der Waals surface area contributed by atoms with Crippen LogP contribution in [0.25, 0.3) is 0 Å². The van der Waals surface area contributed by atoms with E-state index >= 15 is 0 Å². The van der Waals surface area contributed by atoms with Crippen molar-refractivity contribution in [3.05, 3.63) is 0 Å². The summed E-state index contributed by atoms with van der Waals surface area (Å²) in [6.07, 6.45) is 7.81. The Labute approximate surface area is 92.8 Å². The summed E-state index contributed by atoms with van der Waals surface area (Å²) in [5.74, 6) is 0.873. The van der Waals surface area contributed by atoms with Gasteiger partial charge in [-0.05, 0) is 45.1 Å². The fourth-order valence-electron chi connectivity index (χ4n) is 2.31. The highest BCUT2D eigenvalue weighted by atomic mass is 16.1. The molecule has 1 fully saturated rings. The van der Waals surface area contributed by atoms with Crippen molar-refractivity contribution in [3.8, 4) is 0 Å². The Hall–Kier alpha value is -0.570. The van der Waals surface area contributed by atoms with Crippen molar-refractivity contribution >= 4 is 5.91 Å². The molecule has 0 radical (unpaired) electrons. The summed E-state index contributed by atoms with van der Waals surface area (Å²) in [7, 11) is 0. The van der Waals surface area contributed by atoms with Crippen LogP contribution in [-0.4, -0.2) is 18.5 Å². The Morgan fingerprint density at radius 2 is 2.13 bits per heavy atom. The molecule has 3 N–H and O–H groups in total. The Morgan fingerprint density at radius 1 is 1.47 bits per heavy atom. The standard InChI is InChI=1S/C12H24N2O/c1-10(5-4-8-13)14-12(15)9-11-6-2-3-7-11/h10-11H,2-9,13H2,1H3,(H,14,15). The molecule has 1 aliphatic rings. The number of carbonyl (C=O) groups excluding carboxylic acids is 1. The van der Waals surface area contributed by atoms with Crippen LogP contribution in [0.5, 0.6) is 0 Å². The minimum absolute atomic E-state index is 0.228. The van der Waals surface area contributed by atoms with Gasteiger partial charge in [-0.25, -0.2) is 0 Å². The first-order valence-corrected chi connectivity index (χ1v) is 6.21. The third kappa shape index (κ3) is 5.17.